The molecule has 300 valence electrons. The van der Waals surface area contributed by atoms with Crippen molar-refractivity contribution >= 4 is 68.0 Å². The molecule has 6 nitrogen and oxygen atoms in total. The van der Waals surface area contributed by atoms with Gasteiger partial charge in [0.25, 0.3) is 0 Å². The monoisotopic (exact) mass is 813 g/mol. The maximum Gasteiger partial charge on any atom is 0.124 e. The predicted molar refractivity (Wildman–Crippen MR) is 261 cm³/mol. The number of benzene rings is 10. The Morgan fingerprint density at radius 3 is 0.825 bits per heavy atom. The van der Waals surface area contributed by atoms with Gasteiger partial charge in [0.05, 0.1) is 17.1 Å². The predicted octanol–water partition coefficient (Wildman–Crippen LogP) is 14.5. The van der Waals surface area contributed by atoms with Crippen LogP contribution in [0, 0.1) is 0 Å². The normalized spacial score (nSPS) is 11.8. The standard InChI is InChI=1S/C57H39N3O3/c61-55-28-19-40-7-1-4-10-49(40)52(55)34-58-46-22-13-37(14-23-46)43-31-44(38-15-24-47(25-16-38)59-35-53-50-11-5-2-8-41(50)20-29-56(53)62)33-45(32-43)39-17-26-48(27-18-39)60-36-54-51-12-6-3-9-42(51)21-30-57(54)63/h1-36,61-63H. The fourth-order valence-corrected chi connectivity index (χ4v) is 8.02. The minimum absolute atomic E-state index is 0.186. The molecule has 0 aromatic heterocycles. The molecule has 0 heterocycles. The first kappa shape index (κ1) is 38.6. The van der Waals surface area contributed by atoms with Gasteiger partial charge in [-0.2, -0.15) is 0 Å². The second-order valence-corrected chi connectivity index (χ2v) is 15.4. The summed E-state index contributed by atoms with van der Waals surface area (Å²) in [7, 11) is 0. The van der Waals surface area contributed by atoms with E-state index in [0.29, 0.717) is 16.7 Å². The molecule has 3 N–H and O–H groups in total. The summed E-state index contributed by atoms with van der Waals surface area (Å²) < 4.78 is 0. The minimum Gasteiger partial charge on any atom is -0.507 e. The molecule has 10 aromatic rings. The Kier molecular flexibility index (Phi) is 10.3. The molecular formula is C57H39N3O3. The van der Waals surface area contributed by atoms with Gasteiger partial charge >= 0.3 is 0 Å². The smallest absolute Gasteiger partial charge is 0.124 e. The van der Waals surface area contributed by atoms with E-state index in [0.717, 1.165) is 82.8 Å². The lowest BCUT2D eigenvalue weighted by atomic mass is 9.93. The molecule has 0 aliphatic carbocycles. The van der Waals surface area contributed by atoms with Crippen molar-refractivity contribution in [1.29, 1.82) is 0 Å². The van der Waals surface area contributed by atoms with Gasteiger partial charge in [-0.3, -0.25) is 15.0 Å². The van der Waals surface area contributed by atoms with Crippen LogP contribution in [0.4, 0.5) is 17.1 Å². The lowest BCUT2D eigenvalue weighted by molar-refractivity contribution is 0.475. The van der Waals surface area contributed by atoms with Crippen LogP contribution in [0.1, 0.15) is 16.7 Å². The van der Waals surface area contributed by atoms with Crippen molar-refractivity contribution in [2.45, 2.75) is 0 Å². The van der Waals surface area contributed by atoms with Crippen molar-refractivity contribution < 1.29 is 15.3 Å². The summed E-state index contributed by atoms with van der Waals surface area (Å²) in [6.07, 6.45) is 5.17. The molecule has 0 aliphatic heterocycles. The number of rotatable bonds is 9. The molecule has 0 fully saturated rings. The molecule has 10 rings (SSSR count). The first-order chi connectivity index (χ1) is 30.9. The number of nitrogens with zero attached hydrogens (tertiary/aromatic N) is 3. The molecule has 10 aromatic carbocycles. The second-order valence-electron chi connectivity index (χ2n) is 15.4. The quantitative estimate of drug-likeness (QED) is 0.127. The lowest BCUT2D eigenvalue weighted by Crippen LogP contribution is -1.87. The van der Waals surface area contributed by atoms with Crippen molar-refractivity contribution in [3.63, 3.8) is 0 Å². The van der Waals surface area contributed by atoms with Gasteiger partial charge in [-0.05, 0) is 138 Å². The number of phenols is 3. The van der Waals surface area contributed by atoms with Crippen LogP contribution in [-0.4, -0.2) is 34.0 Å². The fourth-order valence-electron chi connectivity index (χ4n) is 8.02. The highest BCUT2D eigenvalue weighted by Crippen LogP contribution is 2.36. The third-order valence-corrected chi connectivity index (χ3v) is 11.4. The van der Waals surface area contributed by atoms with E-state index in [2.05, 4.69) is 54.6 Å². The number of phenolic OH excluding ortho intramolecular Hbond substituents is 3. The first-order valence-electron chi connectivity index (χ1n) is 20.6. The zero-order valence-electron chi connectivity index (χ0n) is 34.0. The van der Waals surface area contributed by atoms with Crippen molar-refractivity contribution in [2.75, 3.05) is 0 Å². The Bertz CT molecular complexity index is 3030. The largest absolute Gasteiger partial charge is 0.507 e. The van der Waals surface area contributed by atoms with Crippen LogP contribution in [-0.2, 0) is 0 Å². The average Bonchev–Trinajstić information content (AvgIpc) is 3.33. The maximum atomic E-state index is 10.7. The van der Waals surface area contributed by atoms with Crippen molar-refractivity contribution in [3.8, 4) is 50.6 Å². The van der Waals surface area contributed by atoms with E-state index in [1.54, 1.807) is 36.8 Å². The number of aromatic hydroxyl groups is 3. The Balaban J connectivity index is 0.974. The van der Waals surface area contributed by atoms with Crippen LogP contribution < -0.4 is 0 Å². The summed E-state index contributed by atoms with van der Waals surface area (Å²) in [5.41, 5.74) is 10.5. The van der Waals surface area contributed by atoms with Gasteiger partial charge in [0, 0.05) is 35.3 Å². The molecule has 0 radical (unpaired) electrons. The highest BCUT2D eigenvalue weighted by atomic mass is 16.3. The van der Waals surface area contributed by atoms with Crippen LogP contribution in [0.3, 0.4) is 0 Å². The van der Waals surface area contributed by atoms with Gasteiger partial charge in [-0.15, -0.1) is 0 Å². The van der Waals surface area contributed by atoms with Gasteiger partial charge in [-0.25, -0.2) is 0 Å². The van der Waals surface area contributed by atoms with Gasteiger partial charge in [0.2, 0.25) is 0 Å². The van der Waals surface area contributed by atoms with E-state index in [1.165, 1.54) is 0 Å². The number of aliphatic imine (C=N–C) groups is 3. The average molecular weight is 814 g/mol. The van der Waals surface area contributed by atoms with E-state index in [1.807, 2.05) is 127 Å². The highest BCUT2D eigenvalue weighted by molar-refractivity contribution is 6.05. The molecule has 0 amide bonds. The molecule has 6 heteroatoms. The molecular weight excluding hydrogens is 775 g/mol. The van der Waals surface area contributed by atoms with Gasteiger partial charge in [-0.1, -0.05) is 127 Å². The summed E-state index contributed by atoms with van der Waals surface area (Å²) in [6, 6.07) is 65.6. The fraction of sp³-hybridized carbons (Fsp3) is 0. The Morgan fingerprint density at radius 2 is 0.540 bits per heavy atom. The third kappa shape index (κ3) is 8.04. The summed E-state index contributed by atoms with van der Waals surface area (Å²) in [4.78, 5) is 14.2. The van der Waals surface area contributed by atoms with Crippen LogP contribution in [0.5, 0.6) is 17.2 Å². The SMILES string of the molecule is Oc1ccc2ccccc2c1C=Nc1ccc(-c2cc(-c3ccc(N=Cc4c(O)ccc5ccccc45)cc3)cc(-c3ccc(N=Cc4c(O)ccc5ccccc45)cc3)c2)cc1. The number of hydrogen-bond donors (Lipinski definition) is 3. The van der Waals surface area contributed by atoms with E-state index >= 15 is 0 Å². The van der Waals surface area contributed by atoms with Gasteiger partial charge in [0.15, 0.2) is 0 Å². The van der Waals surface area contributed by atoms with E-state index in [-0.39, 0.29) is 17.2 Å². The van der Waals surface area contributed by atoms with Crippen LogP contribution in [0.25, 0.3) is 65.7 Å². The molecule has 0 atom stereocenters. The van der Waals surface area contributed by atoms with Gasteiger partial charge in [0.1, 0.15) is 17.2 Å². The zero-order valence-corrected chi connectivity index (χ0v) is 34.0. The van der Waals surface area contributed by atoms with Gasteiger partial charge < -0.3 is 15.3 Å². The molecule has 0 bridgehead atoms. The van der Waals surface area contributed by atoms with Crippen LogP contribution in [0.2, 0.25) is 0 Å². The van der Waals surface area contributed by atoms with Crippen molar-refractivity contribution in [2.24, 2.45) is 15.0 Å². The summed E-state index contributed by atoms with van der Waals surface area (Å²) in [6.45, 7) is 0. The maximum absolute atomic E-state index is 10.7. The molecule has 0 saturated heterocycles. The number of hydrogen-bond acceptors (Lipinski definition) is 6. The molecule has 0 spiro atoms. The van der Waals surface area contributed by atoms with Crippen molar-refractivity contribution in [1.82, 2.24) is 0 Å². The van der Waals surface area contributed by atoms with E-state index < -0.39 is 0 Å². The first-order valence-corrected chi connectivity index (χ1v) is 20.6. The second kappa shape index (κ2) is 16.8. The van der Waals surface area contributed by atoms with Crippen LogP contribution >= 0.6 is 0 Å². The third-order valence-electron chi connectivity index (χ3n) is 11.4. The van der Waals surface area contributed by atoms with Crippen molar-refractivity contribution in [3.05, 3.63) is 217 Å². The Morgan fingerprint density at radius 1 is 0.270 bits per heavy atom. The molecule has 0 unspecified atom stereocenters. The molecule has 63 heavy (non-hydrogen) atoms. The van der Waals surface area contributed by atoms with E-state index in [9.17, 15) is 15.3 Å². The zero-order chi connectivity index (χ0) is 42.7. The topological polar surface area (TPSA) is 97.8 Å². The van der Waals surface area contributed by atoms with E-state index in [4.69, 9.17) is 15.0 Å². The van der Waals surface area contributed by atoms with Crippen LogP contribution in [0.15, 0.2) is 215 Å². The minimum atomic E-state index is 0.186. The summed E-state index contributed by atoms with van der Waals surface area (Å²) in [5, 5.41) is 37.9. The summed E-state index contributed by atoms with van der Waals surface area (Å²) in [5.74, 6) is 0.559. The molecule has 0 saturated carbocycles. The number of fused-ring (bicyclic) bond motifs is 3. The Hall–Kier alpha value is -8.61. The lowest BCUT2D eigenvalue weighted by Gasteiger charge is -2.12. The molecule has 0 aliphatic rings. The summed E-state index contributed by atoms with van der Waals surface area (Å²) >= 11 is 0. The highest BCUT2D eigenvalue weighted by Gasteiger charge is 2.11. The Labute approximate surface area is 364 Å².